The number of rotatable bonds is 5. The molecule has 1 saturated carbocycles. The lowest BCUT2D eigenvalue weighted by molar-refractivity contribution is 0.284. The first-order valence-electron chi connectivity index (χ1n) is 5.95. The van der Waals surface area contributed by atoms with Crippen molar-refractivity contribution >= 4 is 0 Å². The van der Waals surface area contributed by atoms with Crippen molar-refractivity contribution in [1.29, 1.82) is 0 Å². The van der Waals surface area contributed by atoms with E-state index in [9.17, 15) is 0 Å². The van der Waals surface area contributed by atoms with Crippen molar-refractivity contribution in [2.24, 2.45) is 5.73 Å². The Kier molecular flexibility index (Phi) is 2.93. The van der Waals surface area contributed by atoms with Crippen LogP contribution in [0.3, 0.4) is 0 Å². The molecule has 0 aromatic carbocycles. The van der Waals surface area contributed by atoms with Crippen molar-refractivity contribution in [3.63, 3.8) is 0 Å². The van der Waals surface area contributed by atoms with Crippen LogP contribution in [0.25, 0.3) is 0 Å². The zero-order valence-corrected chi connectivity index (χ0v) is 9.87. The summed E-state index contributed by atoms with van der Waals surface area (Å²) in [5, 5.41) is 3.87. The maximum atomic E-state index is 5.52. The van der Waals surface area contributed by atoms with E-state index < -0.39 is 0 Å². The van der Waals surface area contributed by atoms with E-state index in [1.165, 1.54) is 0 Å². The molecule has 0 unspecified atom stereocenters. The van der Waals surface area contributed by atoms with Gasteiger partial charge < -0.3 is 15.0 Å². The molecule has 1 fully saturated rings. The van der Waals surface area contributed by atoms with Gasteiger partial charge in [0.05, 0.1) is 11.9 Å². The molecule has 0 spiro atoms. The van der Waals surface area contributed by atoms with Crippen LogP contribution in [0.2, 0.25) is 0 Å². The fourth-order valence-electron chi connectivity index (χ4n) is 1.59. The van der Waals surface area contributed by atoms with E-state index in [0.717, 1.165) is 24.4 Å². The minimum atomic E-state index is 0.292. The molecule has 2 aromatic rings. The Balaban J connectivity index is 1.58. The van der Waals surface area contributed by atoms with Crippen LogP contribution in [-0.4, -0.2) is 15.1 Å². The van der Waals surface area contributed by atoms with Gasteiger partial charge in [0.25, 0.3) is 0 Å². The second-order valence-electron chi connectivity index (χ2n) is 4.30. The van der Waals surface area contributed by atoms with Crippen LogP contribution in [0.4, 0.5) is 0 Å². The smallest absolute Gasteiger partial charge is 0.229 e. The third-order valence-electron chi connectivity index (χ3n) is 2.79. The van der Waals surface area contributed by atoms with Gasteiger partial charge in [-0.1, -0.05) is 5.16 Å². The van der Waals surface area contributed by atoms with Crippen LogP contribution >= 0.6 is 0 Å². The number of aromatic nitrogens is 3. The molecule has 0 aliphatic heterocycles. The van der Waals surface area contributed by atoms with Crippen molar-refractivity contribution < 1.29 is 9.26 Å². The minimum Gasteiger partial charge on any atom is -0.484 e. The Labute approximate surface area is 104 Å². The van der Waals surface area contributed by atoms with Crippen molar-refractivity contribution in [3.05, 3.63) is 35.7 Å². The summed E-state index contributed by atoms with van der Waals surface area (Å²) in [4.78, 5) is 8.42. The van der Waals surface area contributed by atoms with E-state index in [1.807, 2.05) is 12.1 Å². The number of hydrogen-bond acceptors (Lipinski definition) is 6. The summed E-state index contributed by atoms with van der Waals surface area (Å²) in [6.07, 6.45) is 3.93. The first-order chi connectivity index (χ1) is 8.85. The second kappa shape index (κ2) is 4.73. The van der Waals surface area contributed by atoms with Gasteiger partial charge in [0.1, 0.15) is 5.75 Å². The Hall–Kier alpha value is -1.95. The number of nitrogens with zero attached hydrogens (tertiary/aromatic N) is 3. The normalized spacial score (nSPS) is 14.7. The highest BCUT2D eigenvalue weighted by Gasteiger charge is 2.29. The molecule has 2 N–H and O–H groups in total. The highest BCUT2D eigenvalue weighted by atomic mass is 16.5. The zero-order chi connectivity index (χ0) is 12.4. The SMILES string of the molecule is NCc1ccc(OCc2noc(C3CC3)n2)cn1. The fourth-order valence-corrected chi connectivity index (χ4v) is 1.59. The number of pyridine rings is 1. The lowest BCUT2D eigenvalue weighted by Crippen LogP contribution is -2.01. The summed E-state index contributed by atoms with van der Waals surface area (Å²) in [7, 11) is 0. The Morgan fingerprint density at radius 3 is 2.94 bits per heavy atom. The second-order valence-corrected chi connectivity index (χ2v) is 4.30. The van der Waals surface area contributed by atoms with E-state index >= 15 is 0 Å². The summed E-state index contributed by atoms with van der Waals surface area (Å²) in [6, 6.07) is 3.66. The third kappa shape index (κ3) is 2.48. The molecular weight excluding hydrogens is 232 g/mol. The highest BCUT2D eigenvalue weighted by Crippen LogP contribution is 2.38. The van der Waals surface area contributed by atoms with Crippen LogP contribution in [0, 0.1) is 0 Å². The van der Waals surface area contributed by atoms with Crippen molar-refractivity contribution in [3.8, 4) is 5.75 Å². The van der Waals surface area contributed by atoms with Crippen LogP contribution in [0.5, 0.6) is 5.75 Å². The summed E-state index contributed by atoms with van der Waals surface area (Å²) >= 11 is 0. The topological polar surface area (TPSA) is 87.1 Å². The predicted octanol–water partition coefficient (Wildman–Crippen LogP) is 1.38. The molecule has 6 nitrogen and oxygen atoms in total. The van der Waals surface area contributed by atoms with Gasteiger partial charge >= 0.3 is 0 Å². The molecule has 94 valence electrons. The summed E-state index contributed by atoms with van der Waals surface area (Å²) in [5.41, 5.74) is 6.30. The minimum absolute atomic E-state index is 0.292. The predicted molar refractivity (Wildman–Crippen MR) is 62.7 cm³/mol. The molecule has 0 saturated heterocycles. The van der Waals surface area contributed by atoms with E-state index in [1.54, 1.807) is 6.20 Å². The van der Waals surface area contributed by atoms with Crippen LogP contribution < -0.4 is 10.5 Å². The Morgan fingerprint density at radius 2 is 2.28 bits per heavy atom. The van der Waals surface area contributed by atoms with Crippen molar-refractivity contribution in [2.45, 2.75) is 31.9 Å². The van der Waals surface area contributed by atoms with E-state index in [4.69, 9.17) is 15.0 Å². The molecule has 0 atom stereocenters. The monoisotopic (exact) mass is 246 g/mol. The maximum Gasteiger partial charge on any atom is 0.229 e. The summed E-state index contributed by atoms with van der Waals surface area (Å²) in [5.74, 6) is 2.44. The molecule has 0 radical (unpaired) electrons. The van der Waals surface area contributed by atoms with Crippen LogP contribution in [0.1, 0.15) is 36.2 Å². The average molecular weight is 246 g/mol. The molecule has 6 heteroatoms. The molecule has 18 heavy (non-hydrogen) atoms. The van der Waals surface area contributed by atoms with Crippen molar-refractivity contribution in [2.75, 3.05) is 0 Å². The standard InChI is InChI=1S/C12H14N4O2/c13-5-9-3-4-10(6-14-9)17-7-11-15-12(18-16-11)8-1-2-8/h3-4,6,8H,1-2,5,7,13H2. The lowest BCUT2D eigenvalue weighted by Gasteiger charge is -2.02. The summed E-state index contributed by atoms with van der Waals surface area (Å²) in [6.45, 7) is 0.718. The molecular formula is C12H14N4O2. The number of hydrogen-bond donors (Lipinski definition) is 1. The largest absolute Gasteiger partial charge is 0.484 e. The maximum absolute atomic E-state index is 5.52. The van der Waals surface area contributed by atoms with Gasteiger partial charge in [0.15, 0.2) is 6.61 Å². The van der Waals surface area contributed by atoms with E-state index in [-0.39, 0.29) is 0 Å². The van der Waals surface area contributed by atoms with Gasteiger partial charge in [-0.05, 0) is 25.0 Å². The van der Waals surface area contributed by atoms with Gasteiger partial charge in [-0.2, -0.15) is 4.98 Å². The van der Waals surface area contributed by atoms with Crippen LogP contribution in [0.15, 0.2) is 22.9 Å². The first kappa shape index (κ1) is 11.2. The first-order valence-corrected chi connectivity index (χ1v) is 5.95. The van der Waals surface area contributed by atoms with Gasteiger partial charge in [-0.3, -0.25) is 4.98 Å². The molecule has 2 aromatic heterocycles. The molecule has 3 rings (SSSR count). The quantitative estimate of drug-likeness (QED) is 0.857. The fraction of sp³-hybridized carbons (Fsp3) is 0.417. The zero-order valence-electron chi connectivity index (χ0n) is 9.87. The molecule has 1 aliphatic rings. The average Bonchev–Trinajstić information content (AvgIpc) is 3.16. The van der Waals surface area contributed by atoms with Gasteiger partial charge in [-0.25, -0.2) is 0 Å². The van der Waals surface area contributed by atoms with Crippen molar-refractivity contribution in [1.82, 2.24) is 15.1 Å². The van der Waals surface area contributed by atoms with E-state index in [2.05, 4.69) is 15.1 Å². The van der Waals surface area contributed by atoms with Gasteiger partial charge in [0, 0.05) is 12.5 Å². The van der Waals surface area contributed by atoms with Gasteiger partial charge in [-0.15, -0.1) is 0 Å². The molecule has 2 heterocycles. The Morgan fingerprint density at radius 1 is 1.39 bits per heavy atom. The number of ether oxygens (including phenoxy) is 1. The third-order valence-corrected chi connectivity index (χ3v) is 2.79. The number of nitrogens with two attached hydrogens (primary N) is 1. The molecule has 0 amide bonds. The lowest BCUT2D eigenvalue weighted by atomic mass is 10.3. The van der Waals surface area contributed by atoms with E-state index in [0.29, 0.717) is 30.6 Å². The summed E-state index contributed by atoms with van der Waals surface area (Å²) < 4.78 is 10.7. The van der Waals surface area contributed by atoms with Gasteiger partial charge in [0.2, 0.25) is 11.7 Å². The Bertz CT molecular complexity index is 519. The van der Waals surface area contributed by atoms with Crippen LogP contribution in [-0.2, 0) is 13.2 Å². The molecule has 0 bridgehead atoms. The highest BCUT2D eigenvalue weighted by molar-refractivity contribution is 5.19. The molecule has 1 aliphatic carbocycles.